The molecule has 0 saturated carbocycles. The Hall–Kier alpha value is -0.560. The zero-order valence-corrected chi connectivity index (χ0v) is 11.3. The predicted octanol–water partition coefficient (Wildman–Crippen LogP) is 4.16. The molecular weight excluding hydrogens is 206 g/mol. The minimum atomic E-state index is 0.885. The summed E-state index contributed by atoms with van der Waals surface area (Å²) < 4.78 is 0. The Labute approximate surface area is 107 Å². The van der Waals surface area contributed by atoms with E-state index in [0.717, 1.165) is 18.0 Å². The van der Waals surface area contributed by atoms with Crippen molar-refractivity contribution in [2.75, 3.05) is 6.54 Å². The number of hydrogen-bond donors (Lipinski definition) is 0. The molecule has 3 atom stereocenters. The van der Waals surface area contributed by atoms with E-state index in [2.05, 4.69) is 30.6 Å². The summed E-state index contributed by atoms with van der Waals surface area (Å²) in [5.74, 6) is 0.939. The third-order valence-electron chi connectivity index (χ3n) is 4.60. The topological polar surface area (TPSA) is 3.24 Å². The van der Waals surface area contributed by atoms with Crippen molar-refractivity contribution in [2.24, 2.45) is 5.92 Å². The first-order valence-electron chi connectivity index (χ1n) is 7.36. The van der Waals surface area contributed by atoms with E-state index >= 15 is 0 Å². The summed E-state index contributed by atoms with van der Waals surface area (Å²) in [5.41, 5.74) is 0. The molecule has 96 valence electrons. The molecule has 0 aromatic carbocycles. The second-order valence-electron chi connectivity index (χ2n) is 5.75. The van der Waals surface area contributed by atoms with Crippen molar-refractivity contribution in [2.45, 2.75) is 64.0 Å². The average molecular weight is 233 g/mol. The molecule has 17 heavy (non-hydrogen) atoms. The van der Waals surface area contributed by atoms with E-state index in [1.54, 1.807) is 0 Å². The van der Waals surface area contributed by atoms with Crippen LogP contribution in [0.3, 0.4) is 0 Å². The van der Waals surface area contributed by atoms with Gasteiger partial charge in [0.2, 0.25) is 0 Å². The molecular formula is C16H27N. The maximum Gasteiger partial charge on any atom is 0.0124 e. The lowest BCUT2D eigenvalue weighted by molar-refractivity contribution is 0.0756. The van der Waals surface area contributed by atoms with E-state index in [1.807, 2.05) is 6.08 Å². The third-order valence-corrected chi connectivity index (χ3v) is 4.60. The van der Waals surface area contributed by atoms with Gasteiger partial charge in [-0.1, -0.05) is 31.7 Å². The van der Waals surface area contributed by atoms with E-state index in [0.29, 0.717) is 0 Å². The fourth-order valence-electron chi connectivity index (χ4n) is 3.67. The molecule has 2 aliphatic rings. The Morgan fingerprint density at radius 1 is 1.29 bits per heavy atom. The molecule has 2 aliphatic heterocycles. The normalized spacial score (nSPS) is 34.1. The van der Waals surface area contributed by atoms with Crippen molar-refractivity contribution in [3.8, 4) is 0 Å². The molecule has 0 aliphatic carbocycles. The summed E-state index contributed by atoms with van der Waals surface area (Å²) in [6, 6.07) is 1.80. The Bertz CT molecular complexity index is 269. The number of nitrogens with zero attached hydrogens (tertiary/aromatic N) is 1. The van der Waals surface area contributed by atoms with Crippen LogP contribution in [0.1, 0.15) is 51.9 Å². The van der Waals surface area contributed by atoms with Crippen LogP contribution < -0.4 is 0 Å². The van der Waals surface area contributed by atoms with Gasteiger partial charge in [-0.05, 0) is 57.4 Å². The Kier molecular flexibility index (Phi) is 4.85. The summed E-state index contributed by atoms with van der Waals surface area (Å²) >= 11 is 0. The quantitative estimate of drug-likeness (QED) is 0.509. The van der Waals surface area contributed by atoms with E-state index in [-0.39, 0.29) is 0 Å². The Morgan fingerprint density at radius 3 is 3.00 bits per heavy atom. The standard InChI is InChI=1S/C16H27N/c1-3-4-5-6-7-9-15-12-11-14(2)16-10-8-13-17(15)16/h3-5,14-16H,1,6-13H2,2H3/b5-4-/t14-,15-,16+/m1/s1. The minimum Gasteiger partial charge on any atom is -0.297 e. The van der Waals surface area contributed by atoms with Gasteiger partial charge in [0.15, 0.2) is 0 Å². The van der Waals surface area contributed by atoms with Gasteiger partial charge < -0.3 is 0 Å². The van der Waals surface area contributed by atoms with Gasteiger partial charge in [0.05, 0.1) is 0 Å². The monoisotopic (exact) mass is 233 g/mol. The van der Waals surface area contributed by atoms with Crippen LogP contribution >= 0.6 is 0 Å². The van der Waals surface area contributed by atoms with E-state index < -0.39 is 0 Å². The summed E-state index contributed by atoms with van der Waals surface area (Å²) in [6.07, 6.45) is 15.9. The fraction of sp³-hybridized carbons (Fsp3) is 0.750. The highest BCUT2D eigenvalue weighted by molar-refractivity contribution is 4.97. The number of unbranched alkanes of at least 4 members (excludes halogenated alkanes) is 1. The minimum absolute atomic E-state index is 0.885. The lowest BCUT2D eigenvalue weighted by atomic mass is 9.85. The van der Waals surface area contributed by atoms with Crippen LogP contribution in [0.5, 0.6) is 0 Å². The summed E-state index contributed by atoms with van der Waals surface area (Å²) in [6.45, 7) is 7.52. The second-order valence-corrected chi connectivity index (χ2v) is 5.75. The first kappa shape index (κ1) is 12.9. The smallest absolute Gasteiger partial charge is 0.0124 e. The SMILES string of the molecule is C=C/C=C\CCC[C@@H]1CC[C@@H](C)[C@@H]2CCCN12. The molecule has 0 spiro atoms. The van der Waals surface area contributed by atoms with Gasteiger partial charge in [-0.3, -0.25) is 4.90 Å². The summed E-state index contributed by atoms with van der Waals surface area (Å²) in [7, 11) is 0. The van der Waals surface area contributed by atoms with E-state index in [1.165, 1.54) is 51.5 Å². The Balaban J connectivity index is 1.76. The van der Waals surface area contributed by atoms with Crippen LogP contribution in [0.2, 0.25) is 0 Å². The summed E-state index contributed by atoms with van der Waals surface area (Å²) in [4.78, 5) is 2.82. The molecule has 0 N–H and O–H groups in total. The molecule has 1 heteroatoms. The lowest BCUT2D eigenvalue weighted by Crippen LogP contribution is -2.46. The molecule has 2 heterocycles. The molecule has 0 unspecified atom stereocenters. The summed E-state index contributed by atoms with van der Waals surface area (Å²) in [5, 5.41) is 0. The number of piperidine rings is 1. The highest BCUT2D eigenvalue weighted by Crippen LogP contribution is 2.36. The molecule has 0 aromatic rings. The lowest BCUT2D eigenvalue weighted by Gasteiger charge is -2.41. The molecule has 2 rings (SSSR count). The van der Waals surface area contributed by atoms with Crippen molar-refractivity contribution >= 4 is 0 Å². The average Bonchev–Trinajstić information content (AvgIpc) is 2.81. The zero-order chi connectivity index (χ0) is 12.1. The van der Waals surface area contributed by atoms with Gasteiger partial charge in [0, 0.05) is 12.1 Å². The van der Waals surface area contributed by atoms with E-state index in [4.69, 9.17) is 0 Å². The first-order valence-corrected chi connectivity index (χ1v) is 7.36. The van der Waals surface area contributed by atoms with E-state index in [9.17, 15) is 0 Å². The highest BCUT2D eigenvalue weighted by atomic mass is 15.2. The van der Waals surface area contributed by atoms with Crippen molar-refractivity contribution < 1.29 is 0 Å². The molecule has 1 nitrogen and oxygen atoms in total. The fourth-order valence-corrected chi connectivity index (χ4v) is 3.67. The van der Waals surface area contributed by atoms with Gasteiger partial charge in [-0.25, -0.2) is 0 Å². The first-order chi connectivity index (χ1) is 8.33. The van der Waals surface area contributed by atoms with Crippen LogP contribution in [0.4, 0.5) is 0 Å². The van der Waals surface area contributed by atoms with Gasteiger partial charge in [0.1, 0.15) is 0 Å². The zero-order valence-electron chi connectivity index (χ0n) is 11.3. The molecule has 0 aromatic heterocycles. The van der Waals surface area contributed by atoms with Crippen molar-refractivity contribution in [1.82, 2.24) is 4.90 Å². The molecule has 0 radical (unpaired) electrons. The maximum absolute atomic E-state index is 3.70. The highest BCUT2D eigenvalue weighted by Gasteiger charge is 2.37. The van der Waals surface area contributed by atoms with Gasteiger partial charge >= 0.3 is 0 Å². The van der Waals surface area contributed by atoms with Crippen LogP contribution in [0.15, 0.2) is 24.8 Å². The van der Waals surface area contributed by atoms with Crippen molar-refractivity contribution in [1.29, 1.82) is 0 Å². The molecule has 2 fully saturated rings. The predicted molar refractivity (Wildman–Crippen MR) is 75.1 cm³/mol. The number of rotatable bonds is 5. The largest absolute Gasteiger partial charge is 0.297 e. The van der Waals surface area contributed by atoms with Crippen molar-refractivity contribution in [3.63, 3.8) is 0 Å². The number of hydrogen-bond acceptors (Lipinski definition) is 1. The van der Waals surface area contributed by atoms with Gasteiger partial charge in [-0.15, -0.1) is 0 Å². The van der Waals surface area contributed by atoms with Crippen LogP contribution in [0.25, 0.3) is 0 Å². The van der Waals surface area contributed by atoms with Crippen molar-refractivity contribution in [3.05, 3.63) is 24.8 Å². The van der Waals surface area contributed by atoms with Crippen LogP contribution in [-0.4, -0.2) is 23.5 Å². The molecule has 0 bridgehead atoms. The van der Waals surface area contributed by atoms with Crippen LogP contribution in [0, 0.1) is 5.92 Å². The second kappa shape index (κ2) is 6.39. The number of allylic oxidation sites excluding steroid dienone is 3. The van der Waals surface area contributed by atoms with Crippen LogP contribution in [-0.2, 0) is 0 Å². The molecule has 0 amide bonds. The van der Waals surface area contributed by atoms with Gasteiger partial charge in [-0.2, -0.15) is 0 Å². The van der Waals surface area contributed by atoms with Gasteiger partial charge in [0.25, 0.3) is 0 Å². The third kappa shape index (κ3) is 3.22. The number of fused-ring (bicyclic) bond motifs is 1. The Morgan fingerprint density at radius 2 is 2.18 bits per heavy atom. The molecule has 2 saturated heterocycles. The maximum atomic E-state index is 3.70.